The Labute approximate surface area is 209 Å². The Morgan fingerprint density at radius 3 is 1.70 bits per heavy atom. The average Bonchev–Trinajstić information content (AvgIpc) is 3.14. The Morgan fingerprint density at radius 2 is 1.24 bits per heavy atom. The van der Waals surface area contributed by atoms with E-state index in [9.17, 15) is 39.4 Å². The molecule has 0 N–H and O–H groups in total. The number of nitro groups is 2. The number of hydrazine groups is 1. The van der Waals surface area contributed by atoms with Crippen molar-refractivity contribution in [2.45, 2.75) is 13.3 Å². The molecule has 0 saturated carbocycles. The van der Waals surface area contributed by atoms with Crippen LogP contribution >= 0.6 is 0 Å². The van der Waals surface area contributed by atoms with E-state index in [4.69, 9.17) is 0 Å². The number of carbonyl (C=O) groups excluding carboxylic acids is 4. The fraction of sp³-hybridized carbons (Fsp3) is 0.120. The summed E-state index contributed by atoms with van der Waals surface area (Å²) >= 11 is 0. The second-order valence-corrected chi connectivity index (χ2v) is 8.07. The molecule has 1 aliphatic heterocycles. The average molecular weight is 502 g/mol. The third-order valence-corrected chi connectivity index (χ3v) is 6.09. The van der Waals surface area contributed by atoms with Crippen LogP contribution in [-0.4, -0.2) is 38.4 Å². The van der Waals surface area contributed by atoms with Crippen LogP contribution in [0, 0.1) is 25.6 Å². The molecule has 4 rings (SSSR count). The molecule has 1 aliphatic rings. The van der Waals surface area contributed by atoms with Crippen LogP contribution in [0.1, 0.15) is 34.1 Å². The Morgan fingerprint density at radius 1 is 0.757 bits per heavy atom. The predicted octanol–water partition coefficient (Wildman–Crippen LogP) is 3.71. The molecule has 12 heteroatoms. The molecule has 1 fully saturated rings. The van der Waals surface area contributed by atoms with Gasteiger partial charge in [-0.1, -0.05) is 25.1 Å². The van der Waals surface area contributed by atoms with Crippen molar-refractivity contribution in [3.8, 4) is 0 Å². The minimum absolute atomic E-state index is 0.119. The van der Waals surface area contributed by atoms with Gasteiger partial charge in [-0.05, 0) is 42.8 Å². The lowest BCUT2D eigenvalue weighted by molar-refractivity contribution is -0.385. The number of non-ortho nitro benzene ring substituents is 2. The fourth-order valence-electron chi connectivity index (χ4n) is 4.11. The summed E-state index contributed by atoms with van der Waals surface area (Å²) in [5.41, 5.74) is -2.98. The zero-order chi connectivity index (χ0) is 26.9. The molecule has 0 aromatic heterocycles. The Kier molecular flexibility index (Phi) is 6.32. The molecule has 37 heavy (non-hydrogen) atoms. The molecule has 3 aromatic rings. The normalized spacial score (nSPS) is 17.1. The van der Waals surface area contributed by atoms with Gasteiger partial charge < -0.3 is 0 Å². The zero-order valence-corrected chi connectivity index (χ0v) is 19.3. The second-order valence-electron chi connectivity index (χ2n) is 8.07. The summed E-state index contributed by atoms with van der Waals surface area (Å²) < 4.78 is 0. The van der Waals surface area contributed by atoms with Crippen molar-refractivity contribution in [1.82, 2.24) is 5.01 Å². The van der Waals surface area contributed by atoms with Crippen LogP contribution in [0.2, 0.25) is 0 Å². The van der Waals surface area contributed by atoms with Gasteiger partial charge in [0, 0.05) is 35.4 Å². The molecule has 3 aromatic carbocycles. The van der Waals surface area contributed by atoms with Crippen molar-refractivity contribution >= 4 is 40.6 Å². The first kappa shape index (κ1) is 24.9. The van der Waals surface area contributed by atoms with Gasteiger partial charge in [-0.3, -0.25) is 39.4 Å². The lowest BCUT2D eigenvalue weighted by Crippen LogP contribution is -2.45. The van der Waals surface area contributed by atoms with Crippen LogP contribution in [0.3, 0.4) is 0 Å². The Bertz CT molecular complexity index is 1440. The third kappa shape index (κ3) is 3.99. The number of para-hydroxylation sites is 1. The van der Waals surface area contributed by atoms with Crippen LogP contribution in [-0.2, 0) is 9.59 Å². The van der Waals surface area contributed by atoms with E-state index < -0.39 is 38.8 Å². The molecule has 1 unspecified atom stereocenters. The van der Waals surface area contributed by atoms with Gasteiger partial charge in [-0.2, -0.15) is 5.01 Å². The van der Waals surface area contributed by atoms with Crippen LogP contribution in [0.4, 0.5) is 17.1 Å². The largest absolute Gasteiger partial charge is 0.292 e. The van der Waals surface area contributed by atoms with Crippen molar-refractivity contribution < 1.29 is 29.0 Å². The van der Waals surface area contributed by atoms with Gasteiger partial charge in [0.05, 0.1) is 15.5 Å². The number of imide groups is 1. The first-order valence-corrected chi connectivity index (χ1v) is 11.0. The van der Waals surface area contributed by atoms with E-state index >= 15 is 0 Å². The van der Waals surface area contributed by atoms with Gasteiger partial charge in [-0.15, -0.1) is 0 Å². The molecule has 0 aliphatic carbocycles. The predicted molar refractivity (Wildman–Crippen MR) is 128 cm³/mol. The van der Waals surface area contributed by atoms with E-state index in [1.807, 2.05) is 0 Å². The van der Waals surface area contributed by atoms with Gasteiger partial charge in [0.1, 0.15) is 0 Å². The monoisotopic (exact) mass is 502 g/mol. The number of hydrogen-bond acceptors (Lipinski definition) is 8. The number of anilines is 1. The summed E-state index contributed by atoms with van der Waals surface area (Å²) in [6.45, 7) is 1.45. The summed E-state index contributed by atoms with van der Waals surface area (Å²) in [5, 5.41) is 23.4. The highest BCUT2D eigenvalue weighted by Crippen LogP contribution is 2.41. The smallest absolute Gasteiger partial charge is 0.280 e. The Hall–Kier alpha value is -5.26. The van der Waals surface area contributed by atoms with Crippen molar-refractivity contribution in [3.05, 3.63) is 110 Å². The summed E-state index contributed by atoms with van der Waals surface area (Å²) in [5.74, 6) is -3.95. The molecule has 1 heterocycles. The number of Topliss-reactive ketones (excluding diaryl/α,β-unsaturated/α-hetero) is 1. The number of amides is 3. The van der Waals surface area contributed by atoms with E-state index in [1.54, 1.807) is 18.2 Å². The number of carbonyl (C=O) groups is 4. The second kappa shape index (κ2) is 9.41. The number of ketones is 1. The molecule has 0 radical (unpaired) electrons. The zero-order valence-electron chi connectivity index (χ0n) is 19.3. The van der Waals surface area contributed by atoms with Gasteiger partial charge in [0.15, 0.2) is 11.2 Å². The lowest BCUT2D eigenvalue weighted by atomic mass is 9.77. The van der Waals surface area contributed by atoms with Crippen LogP contribution in [0.25, 0.3) is 0 Å². The summed E-state index contributed by atoms with van der Waals surface area (Å²) in [4.78, 5) is 75.5. The van der Waals surface area contributed by atoms with Crippen molar-refractivity contribution in [2.24, 2.45) is 5.41 Å². The highest BCUT2D eigenvalue weighted by atomic mass is 16.6. The highest BCUT2D eigenvalue weighted by molar-refractivity contribution is 6.37. The van der Waals surface area contributed by atoms with E-state index in [-0.39, 0.29) is 34.6 Å². The molecule has 0 spiro atoms. The molecular weight excluding hydrogens is 484 g/mol. The van der Waals surface area contributed by atoms with Gasteiger partial charge >= 0.3 is 0 Å². The molecule has 12 nitrogen and oxygen atoms in total. The van der Waals surface area contributed by atoms with Crippen molar-refractivity contribution in [2.75, 3.05) is 5.01 Å². The van der Waals surface area contributed by atoms with E-state index in [0.29, 0.717) is 5.01 Å². The number of rotatable bonds is 7. The molecule has 3 amide bonds. The van der Waals surface area contributed by atoms with Gasteiger partial charge in [0.25, 0.3) is 29.1 Å². The summed E-state index contributed by atoms with van der Waals surface area (Å²) in [6.07, 6.45) is -0.298. The first-order valence-electron chi connectivity index (χ1n) is 11.0. The number of nitrogens with zero attached hydrogens (tertiary/aromatic N) is 4. The van der Waals surface area contributed by atoms with Crippen LogP contribution in [0.5, 0.6) is 0 Å². The maximum atomic E-state index is 13.8. The highest BCUT2D eigenvalue weighted by Gasteiger charge is 2.64. The fourth-order valence-corrected chi connectivity index (χ4v) is 4.11. The van der Waals surface area contributed by atoms with E-state index in [0.717, 1.165) is 53.5 Å². The Balaban J connectivity index is 1.83. The molecule has 186 valence electrons. The molecular formula is C25H18N4O8. The quantitative estimate of drug-likeness (QED) is 0.155. The molecule has 1 saturated heterocycles. The maximum Gasteiger partial charge on any atom is 0.280 e. The van der Waals surface area contributed by atoms with Gasteiger partial charge in [-0.25, -0.2) is 5.01 Å². The van der Waals surface area contributed by atoms with Crippen molar-refractivity contribution in [1.29, 1.82) is 0 Å². The topological polar surface area (TPSA) is 161 Å². The number of hydrogen-bond donors (Lipinski definition) is 0. The summed E-state index contributed by atoms with van der Waals surface area (Å²) in [6, 6.07) is 16.7. The van der Waals surface area contributed by atoms with E-state index in [1.165, 1.54) is 19.1 Å². The summed E-state index contributed by atoms with van der Waals surface area (Å²) in [7, 11) is 0. The standard InChI is InChI=1S/C25H18N4O8/c1-2-25(21(30)16-8-12-19(13-9-16)28(34)35)23(32)26(18-6-4-3-5-7-18)27(24(25)33)22(31)17-10-14-20(15-11-17)29(36)37/h3-15H,2H2,1H3. The first-order chi connectivity index (χ1) is 17.6. The molecule has 0 bridgehead atoms. The minimum atomic E-state index is -2.32. The maximum absolute atomic E-state index is 13.8. The minimum Gasteiger partial charge on any atom is -0.292 e. The number of nitro benzene ring substituents is 2. The SMILES string of the molecule is CCC1(C(=O)c2ccc([N+](=O)[O-])cc2)C(=O)N(C(=O)c2ccc([N+](=O)[O-])cc2)N(c2ccccc2)C1=O. The van der Waals surface area contributed by atoms with Crippen LogP contribution < -0.4 is 5.01 Å². The molecule has 1 atom stereocenters. The lowest BCUT2D eigenvalue weighted by Gasteiger charge is -2.25. The number of benzene rings is 3. The van der Waals surface area contributed by atoms with Gasteiger partial charge in [0.2, 0.25) is 0 Å². The van der Waals surface area contributed by atoms with Crippen molar-refractivity contribution in [3.63, 3.8) is 0 Å². The van der Waals surface area contributed by atoms with E-state index in [2.05, 4.69) is 0 Å². The third-order valence-electron chi connectivity index (χ3n) is 6.09. The van der Waals surface area contributed by atoms with Crippen LogP contribution in [0.15, 0.2) is 78.9 Å².